The minimum atomic E-state index is -0.441. The van der Waals surface area contributed by atoms with Crippen molar-refractivity contribution < 1.29 is 9.59 Å². The SMILES string of the molecule is CNC(=O)NC(=O)CN[C@@H](C)C12CC3CC(CC(C3)C1)C2. The molecular weight excluding hydrogens is 266 g/mol. The Morgan fingerprint density at radius 2 is 1.62 bits per heavy atom. The molecule has 1 atom stereocenters. The van der Waals surface area contributed by atoms with Gasteiger partial charge in [0.15, 0.2) is 0 Å². The molecule has 4 fully saturated rings. The summed E-state index contributed by atoms with van der Waals surface area (Å²) in [7, 11) is 1.51. The van der Waals surface area contributed by atoms with E-state index in [0.717, 1.165) is 17.8 Å². The Kier molecular flexibility index (Phi) is 3.95. The van der Waals surface area contributed by atoms with Crippen molar-refractivity contribution in [3.63, 3.8) is 0 Å². The third kappa shape index (κ3) is 2.93. The fourth-order valence-corrected chi connectivity index (χ4v) is 5.40. The summed E-state index contributed by atoms with van der Waals surface area (Å²) in [5.41, 5.74) is 0.391. The maximum atomic E-state index is 11.7. The Hall–Kier alpha value is -1.10. The van der Waals surface area contributed by atoms with Gasteiger partial charge in [-0.25, -0.2) is 4.79 Å². The quantitative estimate of drug-likeness (QED) is 0.738. The number of hydrogen-bond acceptors (Lipinski definition) is 3. The molecular formula is C16H27N3O2. The van der Waals surface area contributed by atoms with Crippen LogP contribution in [0.4, 0.5) is 4.79 Å². The molecule has 4 aliphatic carbocycles. The summed E-state index contributed by atoms with van der Waals surface area (Å²) >= 11 is 0. The number of amides is 3. The maximum Gasteiger partial charge on any atom is 0.321 e. The minimum Gasteiger partial charge on any atom is -0.341 e. The van der Waals surface area contributed by atoms with Crippen molar-refractivity contribution in [1.29, 1.82) is 0 Å². The topological polar surface area (TPSA) is 70.2 Å². The Labute approximate surface area is 126 Å². The largest absolute Gasteiger partial charge is 0.341 e. The lowest BCUT2D eigenvalue weighted by molar-refractivity contribution is -0.120. The first-order chi connectivity index (χ1) is 10.0. The van der Waals surface area contributed by atoms with Crippen molar-refractivity contribution in [2.24, 2.45) is 23.2 Å². The molecule has 4 rings (SSSR count). The van der Waals surface area contributed by atoms with E-state index >= 15 is 0 Å². The van der Waals surface area contributed by atoms with Crippen LogP contribution in [0.2, 0.25) is 0 Å². The summed E-state index contributed by atoms with van der Waals surface area (Å²) in [6.45, 7) is 2.44. The molecule has 5 heteroatoms. The van der Waals surface area contributed by atoms with Crippen LogP contribution in [0.1, 0.15) is 45.4 Å². The van der Waals surface area contributed by atoms with Crippen LogP contribution in [-0.4, -0.2) is 31.6 Å². The third-order valence-corrected chi connectivity index (χ3v) is 6.05. The van der Waals surface area contributed by atoms with E-state index in [0.29, 0.717) is 11.5 Å². The van der Waals surface area contributed by atoms with Gasteiger partial charge >= 0.3 is 6.03 Å². The van der Waals surface area contributed by atoms with Crippen LogP contribution < -0.4 is 16.0 Å². The highest BCUT2D eigenvalue weighted by Crippen LogP contribution is 2.61. The van der Waals surface area contributed by atoms with E-state index in [1.807, 2.05) is 0 Å². The second kappa shape index (κ2) is 5.59. The number of imide groups is 1. The molecule has 0 saturated heterocycles. The molecule has 0 aromatic carbocycles. The molecule has 0 radical (unpaired) electrons. The Bertz CT molecular complexity index is 400. The zero-order valence-electron chi connectivity index (χ0n) is 13.1. The fourth-order valence-electron chi connectivity index (χ4n) is 5.40. The first-order valence-electron chi connectivity index (χ1n) is 8.25. The molecule has 21 heavy (non-hydrogen) atoms. The molecule has 4 aliphatic rings. The summed E-state index contributed by atoms with van der Waals surface area (Å²) in [4.78, 5) is 22.8. The number of carbonyl (C=O) groups is 2. The molecule has 5 nitrogen and oxygen atoms in total. The number of rotatable bonds is 4. The predicted molar refractivity (Wildman–Crippen MR) is 80.7 cm³/mol. The first kappa shape index (κ1) is 14.8. The van der Waals surface area contributed by atoms with Crippen molar-refractivity contribution in [3.8, 4) is 0 Å². The van der Waals surface area contributed by atoms with Crippen LogP contribution >= 0.6 is 0 Å². The van der Waals surface area contributed by atoms with E-state index in [1.54, 1.807) is 0 Å². The highest BCUT2D eigenvalue weighted by Gasteiger charge is 2.52. The van der Waals surface area contributed by atoms with Gasteiger partial charge in [0.05, 0.1) is 6.54 Å². The molecule has 3 N–H and O–H groups in total. The molecule has 118 valence electrons. The van der Waals surface area contributed by atoms with E-state index in [4.69, 9.17) is 0 Å². The average molecular weight is 293 g/mol. The Morgan fingerprint density at radius 1 is 1.10 bits per heavy atom. The summed E-state index contributed by atoms with van der Waals surface area (Å²) in [5, 5.41) is 8.08. The van der Waals surface area contributed by atoms with Gasteiger partial charge in [0.25, 0.3) is 0 Å². The molecule has 0 heterocycles. The summed E-state index contributed by atoms with van der Waals surface area (Å²) < 4.78 is 0. The van der Waals surface area contributed by atoms with Gasteiger partial charge in [0.1, 0.15) is 0 Å². The summed E-state index contributed by atoms with van der Waals surface area (Å²) in [6, 6.07) is -0.0920. The second-order valence-corrected chi connectivity index (χ2v) is 7.51. The van der Waals surface area contributed by atoms with Crippen molar-refractivity contribution in [2.75, 3.05) is 13.6 Å². The maximum absolute atomic E-state index is 11.7. The molecule has 4 saturated carbocycles. The Morgan fingerprint density at radius 3 is 2.10 bits per heavy atom. The van der Waals surface area contributed by atoms with Gasteiger partial charge in [-0.2, -0.15) is 0 Å². The van der Waals surface area contributed by atoms with Crippen LogP contribution in [0.3, 0.4) is 0 Å². The molecule has 3 amide bonds. The van der Waals surface area contributed by atoms with E-state index in [-0.39, 0.29) is 12.5 Å². The van der Waals surface area contributed by atoms with Crippen molar-refractivity contribution in [2.45, 2.75) is 51.5 Å². The van der Waals surface area contributed by atoms with E-state index in [1.165, 1.54) is 45.6 Å². The lowest BCUT2D eigenvalue weighted by Gasteiger charge is -2.59. The average Bonchev–Trinajstić information content (AvgIpc) is 2.43. The number of nitrogens with one attached hydrogen (secondary N) is 3. The van der Waals surface area contributed by atoms with Gasteiger partial charge in [0.2, 0.25) is 5.91 Å². The minimum absolute atomic E-state index is 0.219. The molecule has 0 unspecified atom stereocenters. The standard InChI is InChI=1S/C16H27N3O2/c1-10(18-9-14(20)19-15(21)17-2)16-6-11-3-12(7-16)5-13(4-11)8-16/h10-13,18H,3-9H2,1-2H3,(H2,17,19,20,21)/t10-,11?,12?,13?,16?/m0/s1. The highest BCUT2D eigenvalue weighted by atomic mass is 16.2. The van der Waals surface area contributed by atoms with E-state index < -0.39 is 6.03 Å². The van der Waals surface area contributed by atoms with Crippen molar-refractivity contribution in [3.05, 3.63) is 0 Å². The van der Waals surface area contributed by atoms with Crippen LogP contribution in [0.25, 0.3) is 0 Å². The van der Waals surface area contributed by atoms with Gasteiger partial charge in [-0.1, -0.05) is 0 Å². The predicted octanol–water partition coefficient (Wildman–Crippen LogP) is 1.64. The lowest BCUT2D eigenvalue weighted by atomic mass is 9.48. The Balaban J connectivity index is 1.54. The van der Waals surface area contributed by atoms with Crippen LogP contribution in [-0.2, 0) is 4.79 Å². The van der Waals surface area contributed by atoms with Gasteiger partial charge in [-0.3, -0.25) is 10.1 Å². The first-order valence-corrected chi connectivity index (χ1v) is 8.25. The van der Waals surface area contributed by atoms with Crippen LogP contribution in [0.15, 0.2) is 0 Å². The number of hydrogen-bond donors (Lipinski definition) is 3. The summed E-state index contributed by atoms with van der Waals surface area (Å²) in [6.07, 6.45) is 8.27. The lowest BCUT2D eigenvalue weighted by Crippen LogP contribution is -2.56. The third-order valence-electron chi connectivity index (χ3n) is 6.05. The van der Waals surface area contributed by atoms with Gasteiger partial charge < -0.3 is 10.6 Å². The second-order valence-electron chi connectivity index (χ2n) is 7.51. The normalized spacial score (nSPS) is 38.1. The van der Waals surface area contributed by atoms with Crippen LogP contribution in [0, 0.1) is 23.2 Å². The van der Waals surface area contributed by atoms with Gasteiger partial charge in [-0.15, -0.1) is 0 Å². The van der Waals surface area contributed by atoms with Crippen molar-refractivity contribution in [1.82, 2.24) is 16.0 Å². The summed E-state index contributed by atoms with van der Waals surface area (Å²) in [5.74, 6) is 2.49. The molecule has 0 aromatic rings. The van der Waals surface area contributed by atoms with Gasteiger partial charge in [-0.05, 0) is 68.6 Å². The zero-order chi connectivity index (χ0) is 15.0. The monoisotopic (exact) mass is 293 g/mol. The molecule has 0 aliphatic heterocycles. The molecule has 0 aromatic heterocycles. The van der Waals surface area contributed by atoms with Crippen LogP contribution in [0.5, 0.6) is 0 Å². The number of urea groups is 1. The van der Waals surface area contributed by atoms with E-state index in [9.17, 15) is 9.59 Å². The number of carbonyl (C=O) groups excluding carboxylic acids is 2. The zero-order valence-corrected chi connectivity index (χ0v) is 13.1. The highest BCUT2D eigenvalue weighted by molar-refractivity contribution is 5.95. The smallest absolute Gasteiger partial charge is 0.321 e. The van der Waals surface area contributed by atoms with Gasteiger partial charge in [0, 0.05) is 13.1 Å². The molecule has 4 bridgehead atoms. The fraction of sp³-hybridized carbons (Fsp3) is 0.875. The van der Waals surface area contributed by atoms with E-state index in [2.05, 4.69) is 22.9 Å². The molecule has 0 spiro atoms. The van der Waals surface area contributed by atoms with Crippen molar-refractivity contribution >= 4 is 11.9 Å².